The van der Waals surface area contributed by atoms with Gasteiger partial charge in [0.2, 0.25) is 5.91 Å². The van der Waals surface area contributed by atoms with Gasteiger partial charge in [0.15, 0.2) is 0 Å². The minimum absolute atomic E-state index is 0.0444. The van der Waals surface area contributed by atoms with Gasteiger partial charge in [-0.3, -0.25) is 14.2 Å². The fourth-order valence-electron chi connectivity index (χ4n) is 3.89. The van der Waals surface area contributed by atoms with Crippen LogP contribution in [0.3, 0.4) is 0 Å². The maximum atomic E-state index is 13.3. The quantitative estimate of drug-likeness (QED) is 0.683. The van der Waals surface area contributed by atoms with Crippen molar-refractivity contribution in [3.05, 3.63) is 61.6 Å². The van der Waals surface area contributed by atoms with Crippen molar-refractivity contribution in [2.45, 2.75) is 39.7 Å². The largest absolute Gasteiger partial charge is 0.341 e. The molecule has 0 atom stereocenters. The highest BCUT2D eigenvalue weighted by molar-refractivity contribution is 7.17. The third kappa shape index (κ3) is 3.20. The molecule has 4 rings (SSSR count). The molecule has 0 saturated carbocycles. The van der Waals surface area contributed by atoms with Crippen molar-refractivity contribution in [1.29, 1.82) is 0 Å². The number of aromatic nitrogens is 2. The molecule has 3 aromatic rings. The first-order valence-electron chi connectivity index (χ1n) is 9.56. The van der Waals surface area contributed by atoms with Gasteiger partial charge in [-0.15, -0.1) is 11.3 Å². The average Bonchev–Trinajstić information content (AvgIpc) is 3.17. The van der Waals surface area contributed by atoms with Crippen LogP contribution in [0, 0.1) is 13.8 Å². The van der Waals surface area contributed by atoms with Gasteiger partial charge in [-0.25, -0.2) is 9.36 Å². The molecule has 2 aromatic heterocycles. The zero-order valence-electron chi connectivity index (χ0n) is 16.1. The van der Waals surface area contributed by atoms with E-state index in [2.05, 4.69) is 0 Å². The Labute approximate surface area is 166 Å². The van der Waals surface area contributed by atoms with Gasteiger partial charge in [-0.05, 0) is 56.2 Å². The summed E-state index contributed by atoms with van der Waals surface area (Å²) in [5.74, 6) is -0.0693. The number of likely N-dealkylation sites (tertiary alicyclic amines) is 1. The Morgan fingerprint density at radius 2 is 1.82 bits per heavy atom. The van der Waals surface area contributed by atoms with Crippen molar-refractivity contribution in [2.24, 2.45) is 0 Å². The fraction of sp³-hybridized carbons (Fsp3) is 0.381. The van der Waals surface area contributed by atoms with Crippen molar-refractivity contribution in [3.63, 3.8) is 0 Å². The number of fused-ring (bicyclic) bond motifs is 1. The second kappa shape index (κ2) is 7.39. The number of nitrogens with zero attached hydrogens (tertiary/aromatic N) is 3. The van der Waals surface area contributed by atoms with Crippen LogP contribution in [0.4, 0.5) is 0 Å². The second-order valence-electron chi connectivity index (χ2n) is 7.38. The number of amides is 1. The summed E-state index contributed by atoms with van der Waals surface area (Å²) in [7, 11) is 0. The molecule has 1 aliphatic rings. The van der Waals surface area contributed by atoms with E-state index in [9.17, 15) is 14.4 Å². The number of piperidine rings is 1. The molecule has 0 bridgehead atoms. The molecular weight excluding hydrogens is 374 g/mol. The SMILES string of the molecule is Cc1ccc(-n2c(=O)c3sccc3n(CC(=O)N3CCCCC3)c2=O)c(C)c1. The standard InChI is InChI=1S/C21H23N3O3S/c1-14-6-7-16(15(2)12-14)24-20(26)19-17(8-11-28-19)23(21(24)27)13-18(25)22-9-4-3-5-10-22/h6-8,11-12H,3-5,9-10,13H2,1-2H3. The van der Waals surface area contributed by atoms with E-state index in [1.54, 1.807) is 17.5 Å². The molecule has 1 aromatic carbocycles. The molecule has 0 unspecified atom stereocenters. The highest BCUT2D eigenvalue weighted by atomic mass is 32.1. The summed E-state index contributed by atoms with van der Waals surface area (Å²) in [6, 6.07) is 7.38. The molecule has 1 aliphatic heterocycles. The number of carbonyl (C=O) groups excluding carboxylic acids is 1. The number of aryl methyl sites for hydroxylation is 2. The lowest BCUT2D eigenvalue weighted by Crippen LogP contribution is -2.43. The van der Waals surface area contributed by atoms with Crippen LogP contribution in [0.5, 0.6) is 0 Å². The lowest BCUT2D eigenvalue weighted by molar-refractivity contribution is -0.132. The Morgan fingerprint density at radius 3 is 2.54 bits per heavy atom. The zero-order valence-corrected chi connectivity index (χ0v) is 16.9. The van der Waals surface area contributed by atoms with Crippen LogP contribution in [0.1, 0.15) is 30.4 Å². The maximum Gasteiger partial charge on any atom is 0.336 e. The summed E-state index contributed by atoms with van der Waals surface area (Å²) in [4.78, 5) is 41.0. The molecule has 6 nitrogen and oxygen atoms in total. The van der Waals surface area contributed by atoms with Gasteiger partial charge in [-0.2, -0.15) is 0 Å². The molecule has 0 N–H and O–H groups in total. The summed E-state index contributed by atoms with van der Waals surface area (Å²) in [5.41, 5.74) is 2.22. The Bertz CT molecular complexity index is 1170. The van der Waals surface area contributed by atoms with Crippen LogP contribution < -0.4 is 11.2 Å². The van der Waals surface area contributed by atoms with E-state index < -0.39 is 5.69 Å². The van der Waals surface area contributed by atoms with Crippen LogP contribution in [0.15, 0.2) is 39.2 Å². The van der Waals surface area contributed by atoms with Crippen LogP contribution in [-0.2, 0) is 11.3 Å². The summed E-state index contributed by atoms with van der Waals surface area (Å²) < 4.78 is 3.15. The van der Waals surface area contributed by atoms with Gasteiger partial charge in [0.1, 0.15) is 11.2 Å². The molecule has 1 amide bonds. The summed E-state index contributed by atoms with van der Waals surface area (Å²) >= 11 is 1.30. The Morgan fingerprint density at radius 1 is 1.07 bits per heavy atom. The number of benzene rings is 1. The second-order valence-corrected chi connectivity index (χ2v) is 8.29. The number of hydrogen-bond acceptors (Lipinski definition) is 4. The molecule has 3 heterocycles. The Hall–Kier alpha value is -2.67. The molecule has 28 heavy (non-hydrogen) atoms. The zero-order chi connectivity index (χ0) is 19.8. The normalized spacial score (nSPS) is 14.6. The first-order valence-corrected chi connectivity index (χ1v) is 10.4. The van der Waals surface area contributed by atoms with E-state index >= 15 is 0 Å². The van der Waals surface area contributed by atoms with E-state index in [0.29, 0.717) is 15.9 Å². The summed E-state index contributed by atoms with van der Waals surface area (Å²) in [6.45, 7) is 5.28. The van der Waals surface area contributed by atoms with E-state index in [0.717, 1.165) is 43.5 Å². The van der Waals surface area contributed by atoms with E-state index in [1.807, 2.05) is 30.9 Å². The van der Waals surface area contributed by atoms with Gasteiger partial charge in [0.25, 0.3) is 5.56 Å². The van der Waals surface area contributed by atoms with Crippen molar-refractivity contribution >= 4 is 27.5 Å². The van der Waals surface area contributed by atoms with Crippen LogP contribution >= 0.6 is 11.3 Å². The van der Waals surface area contributed by atoms with Gasteiger partial charge < -0.3 is 4.90 Å². The molecular formula is C21H23N3O3S. The van der Waals surface area contributed by atoms with Crippen molar-refractivity contribution in [3.8, 4) is 5.69 Å². The predicted molar refractivity (Wildman–Crippen MR) is 112 cm³/mol. The van der Waals surface area contributed by atoms with Crippen LogP contribution in [0.25, 0.3) is 15.9 Å². The molecule has 1 fully saturated rings. The molecule has 0 aliphatic carbocycles. The van der Waals surface area contributed by atoms with Crippen molar-refractivity contribution in [2.75, 3.05) is 13.1 Å². The third-order valence-electron chi connectivity index (χ3n) is 5.35. The average molecular weight is 398 g/mol. The maximum absolute atomic E-state index is 13.3. The minimum Gasteiger partial charge on any atom is -0.341 e. The number of carbonyl (C=O) groups is 1. The topological polar surface area (TPSA) is 64.3 Å². The van der Waals surface area contributed by atoms with Crippen LogP contribution in [-0.4, -0.2) is 33.0 Å². The number of rotatable bonds is 3. The van der Waals surface area contributed by atoms with E-state index in [-0.39, 0.29) is 18.0 Å². The van der Waals surface area contributed by atoms with Gasteiger partial charge in [0.05, 0.1) is 11.2 Å². The first kappa shape index (κ1) is 18.7. The number of hydrogen-bond donors (Lipinski definition) is 0. The van der Waals surface area contributed by atoms with E-state index in [4.69, 9.17) is 0 Å². The Kier molecular flexibility index (Phi) is 4.93. The fourth-order valence-corrected chi connectivity index (χ4v) is 4.71. The monoisotopic (exact) mass is 397 g/mol. The first-order chi connectivity index (χ1) is 13.5. The van der Waals surface area contributed by atoms with Crippen LogP contribution in [0.2, 0.25) is 0 Å². The van der Waals surface area contributed by atoms with Gasteiger partial charge in [-0.1, -0.05) is 17.7 Å². The van der Waals surface area contributed by atoms with Gasteiger partial charge >= 0.3 is 5.69 Å². The smallest absolute Gasteiger partial charge is 0.336 e. The van der Waals surface area contributed by atoms with E-state index in [1.165, 1.54) is 20.5 Å². The highest BCUT2D eigenvalue weighted by Gasteiger charge is 2.22. The summed E-state index contributed by atoms with van der Waals surface area (Å²) in [6.07, 6.45) is 3.13. The summed E-state index contributed by atoms with van der Waals surface area (Å²) in [5, 5.41) is 1.79. The lowest BCUT2D eigenvalue weighted by atomic mass is 10.1. The predicted octanol–water partition coefficient (Wildman–Crippen LogP) is 2.84. The van der Waals surface area contributed by atoms with Crippen molar-refractivity contribution < 1.29 is 4.79 Å². The molecule has 146 valence electrons. The lowest BCUT2D eigenvalue weighted by Gasteiger charge is -2.27. The Balaban J connectivity index is 1.87. The molecule has 7 heteroatoms. The third-order valence-corrected chi connectivity index (χ3v) is 6.24. The van der Waals surface area contributed by atoms with Gasteiger partial charge in [0, 0.05) is 13.1 Å². The minimum atomic E-state index is -0.465. The van der Waals surface area contributed by atoms with Crippen molar-refractivity contribution in [1.82, 2.24) is 14.0 Å². The molecule has 0 spiro atoms. The molecule has 1 saturated heterocycles. The highest BCUT2D eigenvalue weighted by Crippen LogP contribution is 2.19. The number of thiophene rings is 1. The molecule has 0 radical (unpaired) electrons.